The van der Waals surface area contributed by atoms with Crippen molar-refractivity contribution in [2.24, 2.45) is 7.05 Å². The largest absolute Gasteiger partial charge is 0.391 e. The summed E-state index contributed by atoms with van der Waals surface area (Å²) in [7, 11) is 1.63. The van der Waals surface area contributed by atoms with Gasteiger partial charge in [-0.15, -0.1) is 0 Å². The molecule has 0 bridgehead atoms. The molecule has 1 aromatic carbocycles. The SMILES string of the molecule is CC(CC(F)(F)F)Nc1cc(=O)n(C)c2ccccc12. The summed E-state index contributed by atoms with van der Waals surface area (Å²) in [6, 6.07) is 7.63. The molecule has 1 aromatic heterocycles. The van der Waals surface area contributed by atoms with Crippen molar-refractivity contribution in [2.75, 3.05) is 5.32 Å². The molecule has 2 aromatic rings. The average Bonchev–Trinajstić information content (AvgIpc) is 2.33. The highest BCUT2D eigenvalue weighted by Crippen LogP contribution is 2.26. The van der Waals surface area contributed by atoms with E-state index < -0.39 is 18.6 Å². The Labute approximate surface area is 114 Å². The van der Waals surface area contributed by atoms with Crippen LogP contribution in [-0.4, -0.2) is 16.8 Å². The van der Waals surface area contributed by atoms with Crippen molar-refractivity contribution in [2.45, 2.75) is 25.6 Å². The molecule has 108 valence electrons. The third-order valence-corrected chi connectivity index (χ3v) is 3.09. The Morgan fingerprint density at radius 3 is 2.60 bits per heavy atom. The molecule has 3 nitrogen and oxygen atoms in total. The normalized spacial score (nSPS) is 13.4. The lowest BCUT2D eigenvalue weighted by Gasteiger charge is -2.19. The molecule has 0 aliphatic rings. The second kappa shape index (κ2) is 5.19. The Morgan fingerprint density at radius 1 is 1.30 bits per heavy atom. The van der Waals surface area contributed by atoms with Crippen LogP contribution in [0, 0.1) is 0 Å². The molecular formula is C14H15F3N2O. The maximum atomic E-state index is 12.4. The summed E-state index contributed by atoms with van der Waals surface area (Å²) in [5.74, 6) is 0. The molecule has 0 fully saturated rings. The van der Waals surface area contributed by atoms with Crippen molar-refractivity contribution in [1.82, 2.24) is 4.57 Å². The number of aromatic nitrogens is 1. The minimum Gasteiger partial charge on any atom is -0.382 e. The molecule has 1 unspecified atom stereocenters. The Hall–Kier alpha value is -1.98. The predicted octanol–water partition coefficient (Wildman–Crippen LogP) is 3.29. The third kappa shape index (κ3) is 3.12. The molecule has 1 atom stereocenters. The van der Waals surface area contributed by atoms with Gasteiger partial charge in [0.2, 0.25) is 0 Å². The van der Waals surface area contributed by atoms with Crippen LogP contribution in [0.15, 0.2) is 35.1 Å². The van der Waals surface area contributed by atoms with Crippen LogP contribution in [0.3, 0.4) is 0 Å². The summed E-state index contributed by atoms with van der Waals surface area (Å²) in [5, 5.41) is 3.50. The van der Waals surface area contributed by atoms with Crippen LogP contribution >= 0.6 is 0 Å². The van der Waals surface area contributed by atoms with Crippen LogP contribution in [0.5, 0.6) is 0 Å². The van der Waals surface area contributed by atoms with E-state index in [2.05, 4.69) is 5.32 Å². The van der Waals surface area contributed by atoms with Gasteiger partial charge in [-0.3, -0.25) is 4.79 Å². The van der Waals surface area contributed by atoms with Gasteiger partial charge in [-0.2, -0.15) is 13.2 Å². The molecular weight excluding hydrogens is 269 g/mol. The fourth-order valence-corrected chi connectivity index (χ4v) is 2.19. The van der Waals surface area contributed by atoms with Gasteiger partial charge in [0.25, 0.3) is 5.56 Å². The number of hydrogen-bond acceptors (Lipinski definition) is 2. The zero-order valence-electron chi connectivity index (χ0n) is 11.2. The minimum atomic E-state index is -4.23. The van der Waals surface area contributed by atoms with Crippen molar-refractivity contribution in [3.05, 3.63) is 40.7 Å². The molecule has 0 amide bonds. The molecule has 20 heavy (non-hydrogen) atoms. The molecule has 0 spiro atoms. The number of rotatable bonds is 3. The fraction of sp³-hybridized carbons (Fsp3) is 0.357. The first-order valence-electron chi connectivity index (χ1n) is 6.20. The van der Waals surface area contributed by atoms with Crippen molar-refractivity contribution in [3.8, 4) is 0 Å². The fourth-order valence-electron chi connectivity index (χ4n) is 2.19. The van der Waals surface area contributed by atoms with Crippen molar-refractivity contribution < 1.29 is 13.2 Å². The summed E-state index contributed by atoms with van der Waals surface area (Å²) in [5.41, 5.74) is 0.854. The second-order valence-corrected chi connectivity index (χ2v) is 4.84. The number of fused-ring (bicyclic) bond motifs is 1. The lowest BCUT2D eigenvalue weighted by atomic mass is 10.1. The number of para-hydroxylation sites is 1. The summed E-state index contributed by atoms with van der Waals surface area (Å²) >= 11 is 0. The molecule has 0 saturated heterocycles. The number of pyridine rings is 1. The van der Waals surface area contributed by atoms with Gasteiger partial charge in [-0.05, 0) is 13.0 Å². The van der Waals surface area contributed by atoms with Crippen molar-refractivity contribution in [3.63, 3.8) is 0 Å². The van der Waals surface area contributed by atoms with Crippen LogP contribution in [0.1, 0.15) is 13.3 Å². The number of nitrogens with zero attached hydrogens (tertiary/aromatic N) is 1. The number of aryl methyl sites for hydroxylation is 1. The van der Waals surface area contributed by atoms with Crippen LogP contribution in [0.25, 0.3) is 10.9 Å². The lowest BCUT2D eigenvalue weighted by Crippen LogP contribution is -2.25. The zero-order chi connectivity index (χ0) is 14.9. The lowest BCUT2D eigenvalue weighted by molar-refractivity contribution is -0.136. The number of nitrogens with one attached hydrogen (secondary N) is 1. The van der Waals surface area contributed by atoms with E-state index in [1.54, 1.807) is 31.3 Å². The topological polar surface area (TPSA) is 34.0 Å². The molecule has 1 N–H and O–H groups in total. The smallest absolute Gasteiger partial charge is 0.382 e. The molecule has 0 aliphatic carbocycles. The number of anilines is 1. The molecule has 0 aliphatic heterocycles. The van der Waals surface area contributed by atoms with E-state index in [9.17, 15) is 18.0 Å². The quantitative estimate of drug-likeness (QED) is 0.938. The zero-order valence-corrected chi connectivity index (χ0v) is 11.2. The first-order valence-corrected chi connectivity index (χ1v) is 6.20. The van der Waals surface area contributed by atoms with E-state index in [4.69, 9.17) is 0 Å². The predicted molar refractivity (Wildman–Crippen MR) is 72.9 cm³/mol. The van der Waals surface area contributed by atoms with Gasteiger partial charge in [0.15, 0.2) is 0 Å². The maximum Gasteiger partial charge on any atom is 0.391 e. The first-order chi connectivity index (χ1) is 9.28. The summed E-state index contributed by atoms with van der Waals surface area (Å²) in [6.45, 7) is 1.44. The summed E-state index contributed by atoms with van der Waals surface area (Å²) < 4.78 is 38.5. The van der Waals surface area contributed by atoms with Crippen LogP contribution < -0.4 is 10.9 Å². The van der Waals surface area contributed by atoms with Crippen molar-refractivity contribution in [1.29, 1.82) is 0 Å². The van der Waals surface area contributed by atoms with E-state index in [1.807, 2.05) is 0 Å². The van der Waals surface area contributed by atoms with Crippen LogP contribution in [-0.2, 0) is 7.05 Å². The van der Waals surface area contributed by atoms with E-state index in [0.29, 0.717) is 11.2 Å². The Morgan fingerprint density at radius 2 is 1.95 bits per heavy atom. The molecule has 0 radical (unpaired) electrons. The van der Waals surface area contributed by atoms with Gasteiger partial charge < -0.3 is 9.88 Å². The standard InChI is InChI=1S/C14H15F3N2O/c1-9(8-14(15,16)17)18-11-7-13(20)19(2)12-6-4-3-5-10(11)12/h3-7,9,18H,8H2,1-2H3. The maximum absolute atomic E-state index is 12.4. The van der Waals surface area contributed by atoms with Crippen molar-refractivity contribution >= 4 is 16.6 Å². The monoisotopic (exact) mass is 284 g/mol. The Balaban J connectivity index is 2.40. The minimum absolute atomic E-state index is 0.259. The highest BCUT2D eigenvalue weighted by Gasteiger charge is 2.30. The van der Waals surface area contributed by atoms with E-state index in [0.717, 1.165) is 5.39 Å². The number of hydrogen-bond donors (Lipinski definition) is 1. The van der Waals surface area contributed by atoms with Crippen LogP contribution in [0.4, 0.5) is 18.9 Å². The van der Waals surface area contributed by atoms with Gasteiger partial charge in [-0.1, -0.05) is 18.2 Å². The number of benzene rings is 1. The number of alkyl halides is 3. The van der Waals surface area contributed by atoms with Gasteiger partial charge in [0.05, 0.1) is 11.9 Å². The molecule has 2 rings (SSSR count). The Kier molecular flexibility index (Phi) is 3.74. The second-order valence-electron chi connectivity index (χ2n) is 4.84. The molecule has 6 heteroatoms. The molecule has 0 saturated carbocycles. The van der Waals surface area contributed by atoms with Gasteiger partial charge in [-0.25, -0.2) is 0 Å². The first kappa shape index (κ1) is 14.4. The number of halogens is 3. The van der Waals surface area contributed by atoms with Gasteiger partial charge in [0, 0.05) is 30.2 Å². The Bertz CT molecular complexity index is 676. The summed E-state index contributed by atoms with van der Waals surface area (Å²) in [6.07, 6.45) is -5.18. The molecule has 1 heterocycles. The third-order valence-electron chi connectivity index (χ3n) is 3.09. The highest BCUT2D eigenvalue weighted by molar-refractivity contribution is 5.91. The van der Waals surface area contributed by atoms with Gasteiger partial charge in [0.1, 0.15) is 0 Å². The average molecular weight is 284 g/mol. The van der Waals surface area contributed by atoms with E-state index in [1.165, 1.54) is 17.6 Å². The highest BCUT2D eigenvalue weighted by atomic mass is 19.4. The summed E-state index contributed by atoms with van der Waals surface area (Å²) in [4.78, 5) is 11.8. The van der Waals surface area contributed by atoms with E-state index >= 15 is 0 Å². The van der Waals surface area contributed by atoms with Gasteiger partial charge >= 0.3 is 6.18 Å². The van der Waals surface area contributed by atoms with E-state index in [-0.39, 0.29) is 5.56 Å². The van der Waals surface area contributed by atoms with Crippen LogP contribution in [0.2, 0.25) is 0 Å².